The smallest absolute Gasteiger partial charge is 0.238 e. The van der Waals surface area contributed by atoms with Crippen molar-refractivity contribution in [2.24, 2.45) is 0 Å². The first-order valence-corrected chi connectivity index (χ1v) is 6.89. The molecule has 18 heavy (non-hydrogen) atoms. The van der Waals surface area contributed by atoms with Crippen LogP contribution in [0.1, 0.15) is 25.7 Å². The number of nitrogens with one attached hydrogen (secondary N) is 2. The molecule has 0 saturated heterocycles. The molecule has 2 N–H and O–H groups in total. The first kappa shape index (κ1) is 13.7. The zero-order valence-electron chi connectivity index (χ0n) is 10.0. The summed E-state index contributed by atoms with van der Waals surface area (Å²) in [5.41, 5.74) is 0.558. The Bertz CT molecular complexity index is 431. The van der Waals surface area contributed by atoms with Crippen LogP contribution in [0.3, 0.4) is 0 Å². The van der Waals surface area contributed by atoms with Crippen LogP contribution in [0.2, 0.25) is 10.0 Å². The van der Waals surface area contributed by atoms with Gasteiger partial charge < -0.3 is 10.6 Å². The van der Waals surface area contributed by atoms with E-state index in [0.717, 1.165) is 12.8 Å². The van der Waals surface area contributed by atoms with Crippen LogP contribution in [0.15, 0.2) is 18.2 Å². The monoisotopic (exact) mass is 286 g/mol. The molecule has 0 bridgehead atoms. The van der Waals surface area contributed by atoms with Crippen LogP contribution in [0, 0.1) is 0 Å². The first-order valence-electron chi connectivity index (χ1n) is 6.14. The molecule has 3 nitrogen and oxygen atoms in total. The summed E-state index contributed by atoms with van der Waals surface area (Å²) in [5.74, 6) is -0.0916. The molecular formula is C13H16Cl2N2O. The third kappa shape index (κ3) is 3.61. The zero-order valence-corrected chi connectivity index (χ0v) is 11.5. The minimum absolute atomic E-state index is 0.0916. The van der Waals surface area contributed by atoms with Gasteiger partial charge in [0.1, 0.15) is 0 Å². The van der Waals surface area contributed by atoms with Crippen LogP contribution in [-0.4, -0.2) is 18.5 Å². The third-order valence-corrected chi connectivity index (χ3v) is 3.95. The number of hydrogen-bond acceptors (Lipinski definition) is 2. The molecule has 0 heterocycles. The molecule has 0 aromatic heterocycles. The highest BCUT2D eigenvalue weighted by Crippen LogP contribution is 2.29. The van der Waals surface area contributed by atoms with Crippen LogP contribution < -0.4 is 10.6 Å². The van der Waals surface area contributed by atoms with Gasteiger partial charge in [-0.15, -0.1) is 0 Å². The van der Waals surface area contributed by atoms with Gasteiger partial charge in [0.15, 0.2) is 0 Å². The molecule has 0 spiro atoms. The molecule has 0 atom stereocenters. The van der Waals surface area contributed by atoms with Crippen LogP contribution in [-0.2, 0) is 4.79 Å². The largest absolute Gasteiger partial charge is 0.324 e. The Morgan fingerprint density at radius 3 is 2.72 bits per heavy atom. The number of halogens is 2. The lowest BCUT2D eigenvalue weighted by Crippen LogP contribution is -2.34. The summed E-state index contributed by atoms with van der Waals surface area (Å²) in [6.45, 7) is 0.313. The maximum Gasteiger partial charge on any atom is 0.238 e. The molecule has 1 fully saturated rings. The molecule has 1 aliphatic carbocycles. The van der Waals surface area contributed by atoms with E-state index in [2.05, 4.69) is 10.6 Å². The maximum absolute atomic E-state index is 11.8. The van der Waals surface area contributed by atoms with Gasteiger partial charge in [0.2, 0.25) is 5.91 Å². The van der Waals surface area contributed by atoms with E-state index in [4.69, 9.17) is 23.2 Å². The van der Waals surface area contributed by atoms with Gasteiger partial charge in [-0.2, -0.15) is 0 Å². The van der Waals surface area contributed by atoms with Crippen molar-refractivity contribution in [1.82, 2.24) is 5.32 Å². The molecule has 98 valence electrons. The van der Waals surface area contributed by atoms with E-state index in [9.17, 15) is 4.79 Å². The highest BCUT2D eigenvalue weighted by Gasteiger charge is 2.15. The molecule has 1 aromatic carbocycles. The predicted molar refractivity (Wildman–Crippen MR) is 75.4 cm³/mol. The minimum atomic E-state index is -0.0916. The Balaban J connectivity index is 1.84. The van der Waals surface area contributed by atoms with Gasteiger partial charge in [-0.05, 0) is 25.0 Å². The van der Waals surface area contributed by atoms with Gasteiger partial charge in [0, 0.05) is 6.04 Å². The average molecular weight is 287 g/mol. The van der Waals surface area contributed by atoms with Crippen LogP contribution in [0.4, 0.5) is 5.69 Å². The fourth-order valence-electron chi connectivity index (χ4n) is 2.16. The summed E-state index contributed by atoms with van der Waals surface area (Å²) in [4.78, 5) is 11.8. The van der Waals surface area contributed by atoms with Crippen molar-refractivity contribution >= 4 is 34.8 Å². The molecule has 2 rings (SSSR count). The molecule has 1 amide bonds. The molecule has 0 unspecified atom stereocenters. The van der Waals surface area contributed by atoms with Gasteiger partial charge in [-0.25, -0.2) is 0 Å². The summed E-state index contributed by atoms with van der Waals surface area (Å²) in [6, 6.07) is 5.66. The van der Waals surface area contributed by atoms with Crippen molar-refractivity contribution in [2.45, 2.75) is 31.7 Å². The quantitative estimate of drug-likeness (QED) is 0.890. The second-order valence-electron chi connectivity index (χ2n) is 4.51. The van der Waals surface area contributed by atoms with Crippen LogP contribution in [0.25, 0.3) is 0 Å². The third-order valence-electron chi connectivity index (χ3n) is 3.13. The Morgan fingerprint density at radius 2 is 2.00 bits per heavy atom. The Labute approximate surface area is 117 Å². The van der Waals surface area contributed by atoms with Crippen LogP contribution >= 0.6 is 23.2 Å². The van der Waals surface area contributed by atoms with Gasteiger partial charge in [-0.3, -0.25) is 4.79 Å². The first-order chi connectivity index (χ1) is 8.66. The van der Waals surface area contributed by atoms with Crippen LogP contribution in [0.5, 0.6) is 0 Å². The predicted octanol–water partition coefficient (Wildman–Crippen LogP) is 3.46. The van der Waals surface area contributed by atoms with E-state index >= 15 is 0 Å². The molecule has 0 aliphatic heterocycles. The van der Waals surface area contributed by atoms with E-state index in [1.165, 1.54) is 12.8 Å². The summed E-state index contributed by atoms with van der Waals surface area (Å²) >= 11 is 11.9. The molecule has 0 radical (unpaired) electrons. The zero-order chi connectivity index (χ0) is 13.0. The van der Waals surface area contributed by atoms with E-state index in [-0.39, 0.29) is 5.91 Å². The van der Waals surface area contributed by atoms with Crippen molar-refractivity contribution < 1.29 is 4.79 Å². The fourth-order valence-corrected chi connectivity index (χ4v) is 2.51. The topological polar surface area (TPSA) is 41.1 Å². The molecule has 1 aliphatic rings. The van der Waals surface area contributed by atoms with E-state index < -0.39 is 0 Å². The fraction of sp³-hybridized carbons (Fsp3) is 0.462. The molecule has 5 heteroatoms. The summed E-state index contributed by atoms with van der Waals surface area (Å²) in [5, 5.41) is 6.83. The van der Waals surface area contributed by atoms with E-state index in [0.29, 0.717) is 28.3 Å². The SMILES string of the molecule is O=C(CNC1CCCC1)Nc1cccc(Cl)c1Cl. The highest BCUT2D eigenvalue weighted by atomic mass is 35.5. The number of amides is 1. The van der Waals surface area contributed by atoms with Gasteiger partial charge in [-0.1, -0.05) is 42.1 Å². The summed E-state index contributed by atoms with van der Waals surface area (Å²) < 4.78 is 0. The second kappa shape index (κ2) is 6.41. The highest BCUT2D eigenvalue weighted by molar-refractivity contribution is 6.43. The standard InChI is InChI=1S/C13H16Cl2N2O/c14-10-6-3-7-11(13(10)15)17-12(18)8-16-9-4-1-2-5-9/h3,6-7,9,16H,1-2,4-5,8H2,(H,17,18). The number of carbonyl (C=O) groups excluding carboxylic acids is 1. The Kier molecular flexibility index (Phi) is 4.87. The minimum Gasteiger partial charge on any atom is -0.324 e. The molecular weight excluding hydrogens is 271 g/mol. The average Bonchev–Trinajstić information content (AvgIpc) is 2.86. The normalized spacial score (nSPS) is 15.9. The van der Waals surface area contributed by atoms with Gasteiger partial charge in [0.25, 0.3) is 0 Å². The number of hydrogen-bond donors (Lipinski definition) is 2. The van der Waals surface area contributed by atoms with Crippen molar-refractivity contribution in [3.8, 4) is 0 Å². The number of anilines is 1. The Hall–Kier alpha value is -0.770. The lowest BCUT2D eigenvalue weighted by molar-refractivity contribution is -0.115. The second-order valence-corrected chi connectivity index (χ2v) is 5.30. The lowest BCUT2D eigenvalue weighted by Gasteiger charge is -2.12. The van der Waals surface area contributed by atoms with Crippen molar-refractivity contribution in [3.05, 3.63) is 28.2 Å². The van der Waals surface area contributed by atoms with Crippen molar-refractivity contribution in [2.75, 3.05) is 11.9 Å². The Morgan fingerprint density at radius 1 is 1.28 bits per heavy atom. The van der Waals surface area contributed by atoms with E-state index in [1.807, 2.05) is 0 Å². The van der Waals surface area contributed by atoms with Gasteiger partial charge >= 0.3 is 0 Å². The van der Waals surface area contributed by atoms with E-state index in [1.54, 1.807) is 18.2 Å². The van der Waals surface area contributed by atoms with Crippen molar-refractivity contribution in [3.63, 3.8) is 0 Å². The summed E-state index contributed by atoms with van der Waals surface area (Å²) in [6.07, 6.45) is 4.81. The van der Waals surface area contributed by atoms with Gasteiger partial charge in [0.05, 0.1) is 22.3 Å². The number of rotatable bonds is 4. The lowest BCUT2D eigenvalue weighted by atomic mass is 10.2. The summed E-state index contributed by atoms with van der Waals surface area (Å²) in [7, 11) is 0. The molecule has 1 saturated carbocycles. The molecule has 1 aromatic rings. The number of carbonyl (C=O) groups is 1. The maximum atomic E-state index is 11.8. The number of benzene rings is 1. The van der Waals surface area contributed by atoms with Crippen molar-refractivity contribution in [1.29, 1.82) is 0 Å².